The number of nitrogens with zero attached hydrogens (tertiary/aromatic N) is 1. The summed E-state index contributed by atoms with van der Waals surface area (Å²) in [5, 5.41) is 12.0. The van der Waals surface area contributed by atoms with Crippen molar-refractivity contribution in [2.45, 2.75) is 26.4 Å². The Kier molecular flexibility index (Phi) is 5.11. The van der Waals surface area contributed by atoms with Crippen LogP contribution in [-0.2, 0) is 4.74 Å². The minimum absolute atomic E-state index is 0.226. The fraction of sp³-hybridized carbons (Fsp3) is 0.636. The van der Waals surface area contributed by atoms with Gasteiger partial charge in [0.15, 0.2) is 5.89 Å². The van der Waals surface area contributed by atoms with E-state index < -0.39 is 6.10 Å². The van der Waals surface area contributed by atoms with E-state index in [1.54, 1.807) is 13.8 Å². The van der Waals surface area contributed by atoms with Crippen LogP contribution in [0.3, 0.4) is 0 Å². The number of aromatic nitrogens is 1. The van der Waals surface area contributed by atoms with Gasteiger partial charge >= 0.3 is 0 Å². The molecular formula is C11H18N2O4. The van der Waals surface area contributed by atoms with Crippen LogP contribution < -0.4 is 5.32 Å². The molecule has 1 heterocycles. The number of aliphatic hydroxyl groups excluding tert-OH is 1. The lowest BCUT2D eigenvalue weighted by Crippen LogP contribution is -2.28. The summed E-state index contributed by atoms with van der Waals surface area (Å²) in [6.07, 6.45) is -0.135. The summed E-state index contributed by atoms with van der Waals surface area (Å²) >= 11 is 0. The SMILES string of the molecule is COCC(O)CCNC(=O)c1oc(C)nc1C. The summed E-state index contributed by atoms with van der Waals surface area (Å²) in [6, 6.07) is 0. The van der Waals surface area contributed by atoms with Gasteiger partial charge in [-0.15, -0.1) is 0 Å². The molecule has 0 radical (unpaired) electrons. The maximum atomic E-state index is 11.7. The van der Waals surface area contributed by atoms with Crippen molar-refractivity contribution in [3.05, 3.63) is 17.3 Å². The Morgan fingerprint density at radius 1 is 1.59 bits per heavy atom. The maximum Gasteiger partial charge on any atom is 0.289 e. The first-order chi connectivity index (χ1) is 8.04. The molecule has 0 saturated heterocycles. The van der Waals surface area contributed by atoms with Gasteiger partial charge in [0.05, 0.1) is 18.4 Å². The van der Waals surface area contributed by atoms with Gasteiger partial charge in [-0.05, 0) is 13.3 Å². The second-order valence-electron chi connectivity index (χ2n) is 3.80. The van der Waals surface area contributed by atoms with Crippen molar-refractivity contribution in [3.8, 4) is 0 Å². The van der Waals surface area contributed by atoms with E-state index >= 15 is 0 Å². The van der Waals surface area contributed by atoms with E-state index in [4.69, 9.17) is 9.15 Å². The number of amides is 1. The molecule has 1 aromatic heterocycles. The predicted molar refractivity (Wildman–Crippen MR) is 60.8 cm³/mol. The molecule has 0 bridgehead atoms. The standard InChI is InChI=1S/C11H18N2O4/c1-7-10(17-8(2)13-7)11(15)12-5-4-9(14)6-16-3/h9,14H,4-6H2,1-3H3,(H,12,15). The molecule has 96 valence electrons. The first-order valence-electron chi connectivity index (χ1n) is 5.43. The van der Waals surface area contributed by atoms with Gasteiger partial charge < -0.3 is 19.6 Å². The third-order valence-corrected chi connectivity index (χ3v) is 2.23. The molecule has 1 unspecified atom stereocenters. The van der Waals surface area contributed by atoms with Crippen molar-refractivity contribution in [1.29, 1.82) is 0 Å². The maximum absolute atomic E-state index is 11.7. The van der Waals surface area contributed by atoms with E-state index in [2.05, 4.69) is 10.3 Å². The number of aryl methyl sites for hydroxylation is 2. The average molecular weight is 242 g/mol. The number of carbonyl (C=O) groups is 1. The Morgan fingerprint density at radius 2 is 2.29 bits per heavy atom. The lowest BCUT2D eigenvalue weighted by molar-refractivity contribution is 0.0586. The number of hydrogen-bond donors (Lipinski definition) is 2. The molecule has 2 N–H and O–H groups in total. The van der Waals surface area contributed by atoms with Gasteiger partial charge in [-0.3, -0.25) is 4.79 Å². The van der Waals surface area contributed by atoms with Crippen LogP contribution in [0.15, 0.2) is 4.42 Å². The lowest BCUT2D eigenvalue weighted by atomic mass is 10.2. The largest absolute Gasteiger partial charge is 0.436 e. The van der Waals surface area contributed by atoms with E-state index in [-0.39, 0.29) is 18.3 Å². The highest BCUT2D eigenvalue weighted by molar-refractivity contribution is 5.92. The number of methoxy groups -OCH3 is 1. The van der Waals surface area contributed by atoms with Crippen LogP contribution in [0.1, 0.15) is 28.6 Å². The topological polar surface area (TPSA) is 84.6 Å². The fourth-order valence-electron chi connectivity index (χ4n) is 1.45. The van der Waals surface area contributed by atoms with Gasteiger partial charge in [0.25, 0.3) is 5.91 Å². The van der Waals surface area contributed by atoms with Gasteiger partial charge in [0, 0.05) is 20.6 Å². The summed E-state index contributed by atoms with van der Waals surface area (Å²) in [7, 11) is 1.52. The Labute approximate surface area is 100.0 Å². The third kappa shape index (κ3) is 4.16. The van der Waals surface area contributed by atoms with E-state index in [0.29, 0.717) is 24.6 Å². The number of rotatable bonds is 6. The Hall–Kier alpha value is -1.40. The third-order valence-electron chi connectivity index (χ3n) is 2.23. The summed E-state index contributed by atoms with van der Waals surface area (Å²) in [5.74, 6) is 0.378. The highest BCUT2D eigenvalue weighted by Crippen LogP contribution is 2.08. The summed E-state index contributed by atoms with van der Waals surface area (Å²) in [5.41, 5.74) is 0.567. The molecule has 17 heavy (non-hydrogen) atoms. The zero-order valence-corrected chi connectivity index (χ0v) is 10.3. The van der Waals surface area contributed by atoms with Crippen LogP contribution >= 0.6 is 0 Å². The molecule has 0 saturated carbocycles. The quantitative estimate of drug-likeness (QED) is 0.755. The smallest absolute Gasteiger partial charge is 0.289 e. The van der Waals surface area contributed by atoms with E-state index in [1.165, 1.54) is 7.11 Å². The molecule has 0 aromatic carbocycles. The van der Waals surface area contributed by atoms with Crippen molar-refractivity contribution in [1.82, 2.24) is 10.3 Å². The van der Waals surface area contributed by atoms with Gasteiger partial charge in [0.2, 0.25) is 5.76 Å². The molecule has 6 nitrogen and oxygen atoms in total. The fourth-order valence-corrected chi connectivity index (χ4v) is 1.45. The molecule has 1 rings (SSSR count). The summed E-state index contributed by atoms with van der Waals surface area (Å²) in [4.78, 5) is 15.7. The predicted octanol–water partition coefficient (Wildman–Crippen LogP) is 0.419. The van der Waals surface area contributed by atoms with Crippen LogP contribution in [0.4, 0.5) is 0 Å². The molecule has 1 atom stereocenters. The van der Waals surface area contributed by atoms with Crippen molar-refractivity contribution < 1.29 is 19.1 Å². The Bertz CT molecular complexity index is 376. The highest BCUT2D eigenvalue weighted by atomic mass is 16.5. The van der Waals surface area contributed by atoms with E-state index in [9.17, 15) is 9.90 Å². The average Bonchev–Trinajstić information content (AvgIpc) is 2.58. The summed E-state index contributed by atoms with van der Waals surface area (Å²) < 4.78 is 9.95. The molecular weight excluding hydrogens is 224 g/mol. The van der Waals surface area contributed by atoms with Crippen molar-refractivity contribution >= 4 is 5.91 Å². The molecule has 1 amide bonds. The Morgan fingerprint density at radius 3 is 2.82 bits per heavy atom. The molecule has 6 heteroatoms. The van der Waals surface area contributed by atoms with Crippen LogP contribution in [0.25, 0.3) is 0 Å². The molecule has 0 fully saturated rings. The van der Waals surface area contributed by atoms with Gasteiger partial charge in [-0.1, -0.05) is 0 Å². The van der Waals surface area contributed by atoms with Gasteiger partial charge in [-0.25, -0.2) is 4.98 Å². The molecule has 0 aliphatic heterocycles. The number of hydrogen-bond acceptors (Lipinski definition) is 5. The van der Waals surface area contributed by atoms with Crippen LogP contribution in [-0.4, -0.2) is 42.4 Å². The highest BCUT2D eigenvalue weighted by Gasteiger charge is 2.15. The van der Waals surface area contributed by atoms with Crippen LogP contribution in [0, 0.1) is 13.8 Å². The van der Waals surface area contributed by atoms with Crippen LogP contribution in [0.2, 0.25) is 0 Å². The van der Waals surface area contributed by atoms with Gasteiger partial charge in [0.1, 0.15) is 0 Å². The number of ether oxygens (including phenoxy) is 1. The number of aliphatic hydroxyl groups is 1. The van der Waals surface area contributed by atoms with Crippen molar-refractivity contribution in [2.75, 3.05) is 20.3 Å². The number of oxazole rings is 1. The zero-order chi connectivity index (χ0) is 12.8. The van der Waals surface area contributed by atoms with Gasteiger partial charge in [-0.2, -0.15) is 0 Å². The molecule has 0 aliphatic carbocycles. The second kappa shape index (κ2) is 6.36. The lowest BCUT2D eigenvalue weighted by Gasteiger charge is -2.09. The first kappa shape index (κ1) is 13.7. The van der Waals surface area contributed by atoms with Crippen molar-refractivity contribution in [2.24, 2.45) is 0 Å². The monoisotopic (exact) mass is 242 g/mol. The minimum Gasteiger partial charge on any atom is -0.436 e. The number of carbonyl (C=O) groups excluding carboxylic acids is 1. The number of nitrogens with one attached hydrogen (secondary N) is 1. The van der Waals surface area contributed by atoms with Crippen molar-refractivity contribution in [3.63, 3.8) is 0 Å². The zero-order valence-electron chi connectivity index (χ0n) is 10.3. The summed E-state index contributed by atoms with van der Waals surface area (Å²) in [6.45, 7) is 4.02. The van der Waals surface area contributed by atoms with E-state index in [1.807, 2.05) is 0 Å². The van der Waals surface area contributed by atoms with Crippen LogP contribution in [0.5, 0.6) is 0 Å². The first-order valence-corrected chi connectivity index (χ1v) is 5.43. The minimum atomic E-state index is -0.571. The second-order valence-corrected chi connectivity index (χ2v) is 3.80. The molecule has 1 aromatic rings. The molecule has 0 aliphatic rings. The Balaban J connectivity index is 2.37. The van der Waals surface area contributed by atoms with E-state index in [0.717, 1.165) is 0 Å². The molecule has 0 spiro atoms. The normalized spacial score (nSPS) is 12.5.